The fourth-order valence-corrected chi connectivity index (χ4v) is 2.96. The minimum atomic E-state index is -0.648. The Kier molecular flexibility index (Phi) is 4.74. The van der Waals surface area contributed by atoms with Gasteiger partial charge in [0.2, 0.25) is 0 Å². The van der Waals surface area contributed by atoms with Gasteiger partial charge in [-0.3, -0.25) is 9.59 Å². The first-order valence-electron chi connectivity index (χ1n) is 7.92. The van der Waals surface area contributed by atoms with Crippen molar-refractivity contribution < 1.29 is 18.4 Å². The highest BCUT2D eigenvalue weighted by atomic mass is 19.1. The molecule has 7 heteroatoms. The van der Waals surface area contributed by atoms with Crippen molar-refractivity contribution in [2.75, 3.05) is 24.5 Å². The van der Waals surface area contributed by atoms with Crippen molar-refractivity contribution in [2.45, 2.75) is 13.0 Å². The first-order valence-corrected chi connectivity index (χ1v) is 7.92. The van der Waals surface area contributed by atoms with E-state index in [0.717, 1.165) is 12.3 Å². The van der Waals surface area contributed by atoms with E-state index >= 15 is 0 Å². The number of halogens is 2. The molecule has 0 saturated carbocycles. The summed E-state index contributed by atoms with van der Waals surface area (Å²) < 4.78 is 27.0. The van der Waals surface area contributed by atoms with E-state index in [1.165, 1.54) is 18.2 Å². The summed E-state index contributed by atoms with van der Waals surface area (Å²) in [5.74, 6) is -0.864. The van der Waals surface area contributed by atoms with E-state index in [9.17, 15) is 18.4 Å². The molecule has 0 aliphatic carbocycles. The first-order chi connectivity index (χ1) is 12.0. The normalized spacial score (nSPS) is 17.5. The van der Waals surface area contributed by atoms with E-state index in [1.807, 2.05) is 11.8 Å². The molecule has 1 atom stereocenters. The number of nitrogens with zero attached hydrogens (tertiary/aromatic N) is 3. The van der Waals surface area contributed by atoms with E-state index in [0.29, 0.717) is 31.7 Å². The third-order valence-corrected chi connectivity index (χ3v) is 4.28. The SMILES string of the molecule is C[C@H]1CN(c2ccc(F)cn2)CCN1C(=O)c1cc(C=O)ccc1F. The Morgan fingerprint density at radius 3 is 2.68 bits per heavy atom. The number of carbonyl (C=O) groups is 2. The molecule has 1 aliphatic heterocycles. The number of carbonyl (C=O) groups excluding carboxylic acids is 2. The maximum absolute atomic E-state index is 14.0. The van der Waals surface area contributed by atoms with Crippen LogP contribution in [0.25, 0.3) is 0 Å². The minimum Gasteiger partial charge on any atom is -0.353 e. The van der Waals surface area contributed by atoms with Gasteiger partial charge in [-0.25, -0.2) is 13.8 Å². The first kappa shape index (κ1) is 17.0. The van der Waals surface area contributed by atoms with E-state index in [1.54, 1.807) is 11.0 Å². The lowest BCUT2D eigenvalue weighted by molar-refractivity contribution is 0.0669. The van der Waals surface area contributed by atoms with E-state index in [-0.39, 0.29) is 17.2 Å². The Bertz CT molecular complexity index is 795. The Morgan fingerprint density at radius 1 is 1.24 bits per heavy atom. The zero-order valence-corrected chi connectivity index (χ0v) is 13.7. The zero-order chi connectivity index (χ0) is 18.0. The largest absolute Gasteiger partial charge is 0.353 e. The van der Waals surface area contributed by atoms with Gasteiger partial charge in [0, 0.05) is 31.2 Å². The van der Waals surface area contributed by atoms with Gasteiger partial charge in [0.15, 0.2) is 0 Å². The lowest BCUT2D eigenvalue weighted by Crippen LogP contribution is -2.54. The van der Waals surface area contributed by atoms with Crippen LogP contribution in [0.1, 0.15) is 27.6 Å². The Labute approximate surface area is 143 Å². The van der Waals surface area contributed by atoms with Crippen molar-refractivity contribution in [3.8, 4) is 0 Å². The number of pyridine rings is 1. The molecule has 1 aliphatic rings. The molecule has 0 bridgehead atoms. The smallest absolute Gasteiger partial charge is 0.257 e. The number of hydrogen-bond acceptors (Lipinski definition) is 4. The molecule has 1 fully saturated rings. The second-order valence-corrected chi connectivity index (χ2v) is 5.99. The van der Waals surface area contributed by atoms with E-state index < -0.39 is 17.5 Å². The lowest BCUT2D eigenvalue weighted by atomic mass is 10.1. The number of rotatable bonds is 3. The Morgan fingerprint density at radius 2 is 2.04 bits per heavy atom. The fourth-order valence-electron chi connectivity index (χ4n) is 2.96. The summed E-state index contributed by atoms with van der Waals surface area (Å²) in [7, 11) is 0. The Balaban J connectivity index is 1.76. The molecule has 1 aromatic carbocycles. The summed E-state index contributed by atoms with van der Waals surface area (Å²) in [6.45, 7) is 3.24. The standard InChI is InChI=1S/C18H17F2N3O2/c1-12-10-22(17-5-3-14(19)9-21-17)6-7-23(12)18(25)15-8-13(11-24)2-4-16(15)20/h2-5,8-9,11-12H,6-7,10H2,1H3/t12-/m0/s1. The molecular weight excluding hydrogens is 328 g/mol. The summed E-state index contributed by atoms with van der Waals surface area (Å²) in [4.78, 5) is 31.1. The van der Waals surface area contributed by atoms with Crippen molar-refractivity contribution in [3.63, 3.8) is 0 Å². The van der Waals surface area contributed by atoms with Crippen LogP contribution in [0.3, 0.4) is 0 Å². The number of anilines is 1. The number of aldehydes is 1. The van der Waals surface area contributed by atoms with Crippen LogP contribution in [-0.2, 0) is 0 Å². The second-order valence-electron chi connectivity index (χ2n) is 5.99. The highest BCUT2D eigenvalue weighted by Crippen LogP contribution is 2.20. The molecule has 1 aromatic heterocycles. The van der Waals surface area contributed by atoms with Crippen LogP contribution < -0.4 is 4.90 Å². The zero-order valence-electron chi connectivity index (χ0n) is 13.7. The third kappa shape index (κ3) is 3.50. The van der Waals surface area contributed by atoms with Crippen LogP contribution in [0.2, 0.25) is 0 Å². The molecule has 2 heterocycles. The Hall–Kier alpha value is -2.83. The van der Waals surface area contributed by atoms with Crippen LogP contribution in [0, 0.1) is 11.6 Å². The van der Waals surface area contributed by atoms with Gasteiger partial charge >= 0.3 is 0 Å². The van der Waals surface area contributed by atoms with E-state index in [4.69, 9.17) is 0 Å². The summed E-state index contributed by atoms with van der Waals surface area (Å²) in [6.07, 6.45) is 1.73. The molecule has 2 aromatic rings. The molecule has 1 saturated heterocycles. The van der Waals surface area contributed by atoms with Crippen LogP contribution in [0.5, 0.6) is 0 Å². The van der Waals surface area contributed by atoms with Gasteiger partial charge in [-0.1, -0.05) is 0 Å². The number of amides is 1. The highest BCUT2D eigenvalue weighted by Gasteiger charge is 2.30. The highest BCUT2D eigenvalue weighted by molar-refractivity contribution is 5.96. The molecule has 0 radical (unpaired) electrons. The van der Waals surface area contributed by atoms with Crippen molar-refractivity contribution in [1.82, 2.24) is 9.88 Å². The van der Waals surface area contributed by atoms with Gasteiger partial charge < -0.3 is 9.80 Å². The van der Waals surface area contributed by atoms with Crippen molar-refractivity contribution in [1.29, 1.82) is 0 Å². The average Bonchev–Trinajstić information content (AvgIpc) is 2.62. The third-order valence-electron chi connectivity index (χ3n) is 4.28. The maximum Gasteiger partial charge on any atom is 0.257 e. The summed E-state index contributed by atoms with van der Waals surface area (Å²) in [6, 6.07) is 6.47. The van der Waals surface area contributed by atoms with Gasteiger partial charge in [0.05, 0.1) is 11.8 Å². The monoisotopic (exact) mass is 345 g/mol. The molecule has 3 rings (SSSR count). The molecule has 130 valence electrons. The predicted octanol–water partition coefficient (Wildman–Crippen LogP) is 2.52. The van der Waals surface area contributed by atoms with Crippen LogP contribution in [0.15, 0.2) is 36.5 Å². The van der Waals surface area contributed by atoms with Crippen LogP contribution in [-0.4, -0.2) is 47.8 Å². The quantitative estimate of drug-likeness (QED) is 0.802. The molecule has 0 N–H and O–H groups in total. The average molecular weight is 345 g/mol. The molecular formula is C18H17F2N3O2. The molecule has 5 nitrogen and oxygen atoms in total. The molecule has 0 spiro atoms. The number of benzene rings is 1. The van der Waals surface area contributed by atoms with Crippen molar-refractivity contribution in [3.05, 3.63) is 59.3 Å². The number of hydrogen-bond donors (Lipinski definition) is 0. The summed E-state index contributed by atoms with van der Waals surface area (Å²) >= 11 is 0. The van der Waals surface area contributed by atoms with Gasteiger partial charge in [0.1, 0.15) is 23.7 Å². The lowest BCUT2D eigenvalue weighted by Gasteiger charge is -2.40. The van der Waals surface area contributed by atoms with Gasteiger partial charge in [-0.05, 0) is 37.3 Å². The second kappa shape index (κ2) is 6.96. The molecule has 25 heavy (non-hydrogen) atoms. The van der Waals surface area contributed by atoms with E-state index in [2.05, 4.69) is 4.98 Å². The summed E-state index contributed by atoms with van der Waals surface area (Å²) in [5, 5.41) is 0. The van der Waals surface area contributed by atoms with Crippen LogP contribution >= 0.6 is 0 Å². The molecule has 1 amide bonds. The van der Waals surface area contributed by atoms with Crippen LogP contribution in [0.4, 0.5) is 14.6 Å². The molecule has 0 unspecified atom stereocenters. The number of aromatic nitrogens is 1. The van der Waals surface area contributed by atoms with Crippen molar-refractivity contribution >= 4 is 18.0 Å². The topological polar surface area (TPSA) is 53.5 Å². The fraction of sp³-hybridized carbons (Fsp3) is 0.278. The van der Waals surface area contributed by atoms with Gasteiger partial charge in [0.25, 0.3) is 5.91 Å². The predicted molar refractivity (Wildman–Crippen MR) is 88.7 cm³/mol. The minimum absolute atomic E-state index is 0.107. The van der Waals surface area contributed by atoms with Crippen molar-refractivity contribution in [2.24, 2.45) is 0 Å². The summed E-state index contributed by atoms with van der Waals surface area (Å²) in [5.41, 5.74) is 0.149. The number of piperazine rings is 1. The maximum atomic E-state index is 14.0. The van der Waals surface area contributed by atoms with Gasteiger partial charge in [-0.15, -0.1) is 0 Å². The van der Waals surface area contributed by atoms with Gasteiger partial charge in [-0.2, -0.15) is 0 Å².